The normalized spacial score (nSPS) is 24.7. The number of hydrogen-bond donors (Lipinski definition) is 0. The minimum atomic E-state index is 0.311. The summed E-state index contributed by atoms with van der Waals surface area (Å²) in [5.74, 6) is 2.57. The first-order valence-corrected chi connectivity index (χ1v) is 9.22. The molecule has 2 aromatic rings. The lowest BCUT2D eigenvalue weighted by Crippen LogP contribution is -2.49. The average Bonchev–Trinajstić information content (AvgIpc) is 3.37. The Morgan fingerprint density at radius 3 is 2.83 bits per heavy atom. The van der Waals surface area contributed by atoms with Gasteiger partial charge >= 0.3 is 0 Å². The summed E-state index contributed by atoms with van der Waals surface area (Å²) in [7, 11) is 1.94. The van der Waals surface area contributed by atoms with Crippen LogP contribution in [0.25, 0.3) is 11.0 Å². The van der Waals surface area contributed by atoms with E-state index in [1.54, 1.807) is 0 Å². The highest BCUT2D eigenvalue weighted by Gasteiger charge is 2.39. The van der Waals surface area contributed by atoms with Gasteiger partial charge in [-0.3, -0.25) is 4.68 Å². The first-order valence-electron chi connectivity index (χ1n) is 9.22. The second-order valence-electron chi connectivity index (χ2n) is 7.28. The Labute approximate surface area is 143 Å². The minimum absolute atomic E-state index is 0.311. The Balaban J connectivity index is 1.66. The molecule has 6 heteroatoms. The second kappa shape index (κ2) is 6.31. The molecule has 1 saturated heterocycles. The molecule has 0 N–H and O–H groups in total. The van der Waals surface area contributed by atoms with Gasteiger partial charge in [0, 0.05) is 20.1 Å². The number of aromatic nitrogens is 4. The zero-order chi connectivity index (χ0) is 16.7. The molecule has 0 amide bonds. The molecule has 0 spiro atoms. The fourth-order valence-corrected chi connectivity index (χ4v) is 3.72. The van der Waals surface area contributed by atoms with Gasteiger partial charge in [-0.05, 0) is 32.1 Å². The maximum absolute atomic E-state index is 6.41. The predicted octanol–water partition coefficient (Wildman–Crippen LogP) is 2.85. The van der Waals surface area contributed by atoms with E-state index in [4.69, 9.17) is 9.72 Å². The molecule has 1 aliphatic heterocycles. The molecule has 3 heterocycles. The van der Waals surface area contributed by atoms with Crippen molar-refractivity contribution in [3.8, 4) is 0 Å². The molecule has 2 aliphatic rings. The van der Waals surface area contributed by atoms with Gasteiger partial charge in [0.15, 0.2) is 5.65 Å². The van der Waals surface area contributed by atoms with E-state index in [0.29, 0.717) is 12.2 Å². The summed E-state index contributed by atoms with van der Waals surface area (Å²) in [4.78, 5) is 11.8. The number of unbranched alkanes of at least 4 members (excludes halogenated alkanes) is 1. The fourth-order valence-electron chi connectivity index (χ4n) is 3.72. The first kappa shape index (κ1) is 15.8. The third-order valence-electron chi connectivity index (χ3n) is 5.20. The summed E-state index contributed by atoms with van der Waals surface area (Å²) in [5, 5.41) is 5.43. The smallest absolute Gasteiger partial charge is 0.163 e. The third-order valence-corrected chi connectivity index (χ3v) is 5.20. The van der Waals surface area contributed by atoms with Crippen LogP contribution in [0.15, 0.2) is 6.20 Å². The van der Waals surface area contributed by atoms with Crippen molar-refractivity contribution >= 4 is 16.9 Å². The summed E-state index contributed by atoms with van der Waals surface area (Å²) in [5.41, 5.74) is 0.914. The zero-order valence-electron chi connectivity index (χ0n) is 14.9. The zero-order valence-corrected chi connectivity index (χ0v) is 14.9. The van der Waals surface area contributed by atoms with Crippen molar-refractivity contribution in [3.63, 3.8) is 0 Å². The number of fused-ring (bicyclic) bond motifs is 1. The van der Waals surface area contributed by atoms with E-state index in [1.165, 1.54) is 25.7 Å². The molecule has 0 radical (unpaired) electrons. The SMILES string of the molecule is CCCC[C@@H]1CN(c2nc(C)nc3c2cnn3C)C[C@H](C2CC2)O1. The predicted molar refractivity (Wildman–Crippen MR) is 94.2 cm³/mol. The van der Waals surface area contributed by atoms with Crippen molar-refractivity contribution in [1.82, 2.24) is 19.7 Å². The molecule has 2 aromatic heterocycles. The van der Waals surface area contributed by atoms with Crippen LogP contribution in [-0.4, -0.2) is 45.0 Å². The summed E-state index contributed by atoms with van der Waals surface area (Å²) in [6.07, 6.45) is 8.75. The molecule has 0 unspecified atom stereocenters. The molecule has 2 atom stereocenters. The van der Waals surface area contributed by atoms with Crippen LogP contribution >= 0.6 is 0 Å². The van der Waals surface area contributed by atoms with E-state index in [0.717, 1.165) is 48.1 Å². The molecule has 0 bridgehead atoms. The first-order chi connectivity index (χ1) is 11.7. The number of morpholine rings is 1. The van der Waals surface area contributed by atoms with Gasteiger partial charge in [-0.1, -0.05) is 19.8 Å². The maximum Gasteiger partial charge on any atom is 0.163 e. The topological polar surface area (TPSA) is 56.1 Å². The highest BCUT2D eigenvalue weighted by molar-refractivity contribution is 5.87. The monoisotopic (exact) mass is 329 g/mol. The van der Waals surface area contributed by atoms with E-state index < -0.39 is 0 Å². The van der Waals surface area contributed by atoms with Gasteiger partial charge in [0.05, 0.1) is 23.8 Å². The number of aryl methyl sites for hydroxylation is 2. The Kier molecular flexibility index (Phi) is 4.16. The highest BCUT2D eigenvalue weighted by atomic mass is 16.5. The summed E-state index contributed by atoms with van der Waals surface area (Å²) < 4.78 is 8.24. The summed E-state index contributed by atoms with van der Waals surface area (Å²) in [6.45, 7) is 6.06. The average molecular weight is 329 g/mol. The maximum atomic E-state index is 6.41. The van der Waals surface area contributed by atoms with Gasteiger partial charge in [0.2, 0.25) is 0 Å². The molecule has 130 valence electrons. The fraction of sp³-hybridized carbons (Fsp3) is 0.722. The quantitative estimate of drug-likeness (QED) is 0.844. The van der Waals surface area contributed by atoms with Crippen LogP contribution < -0.4 is 4.90 Å². The number of ether oxygens (including phenoxy) is 1. The van der Waals surface area contributed by atoms with Crippen molar-refractivity contribution in [2.75, 3.05) is 18.0 Å². The minimum Gasteiger partial charge on any atom is -0.371 e. The van der Waals surface area contributed by atoms with Crippen molar-refractivity contribution in [2.24, 2.45) is 13.0 Å². The van der Waals surface area contributed by atoms with Crippen molar-refractivity contribution < 1.29 is 4.74 Å². The lowest BCUT2D eigenvalue weighted by Gasteiger charge is -2.39. The van der Waals surface area contributed by atoms with Crippen LogP contribution in [0.5, 0.6) is 0 Å². The highest BCUT2D eigenvalue weighted by Crippen LogP contribution is 2.38. The lowest BCUT2D eigenvalue weighted by molar-refractivity contribution is -0.0411. The van der Waals surface area contributed by atoms with Gasteiger partial charge < -0.3 is 9.64 Å². The molecule has 4 rings (SSSR count). The number of nitrogens with zero attached hydrogens (tertiary/aromatic N) is 5. The van der Waals surface area contributed by atoms with E-state index in [9.17, 15) is 0 Å². The van der Waals surface area contributed by atoms with Crippen LogP contribution in [0.4, 0.5) is 5.82 Å². The van der Waals surface area contributed by atoms with Crippen molar-refractivity contribution in [2.45, 2.75) is 58.2 Å². The molecule has 1 saturated carbocycles. The van der Waals surface area contributed by atoms with Gasteiger partial charge in [-0.15, -0.1) is 0 Å². The van der Waals surface area contributed by atoms with E-state index in [2.05, 4.69) is 21.9 Å². The van der Waals surface area contributed by atoms with Crippen molar-refractivity contribution in [3.05, 3.63) is 12.0 Å². The van der Waals surface area contributed by atoms with Crippen LogP contribution in [-0.2, 0) is 11.8 Å². The number of anilines is 1. The Bertz CT molecular complexity index is 724. The molecule has 6 nitrogen and oxygen atoms in total. The van der Waals surface area contributed by atoms with Crippen LogP contribution in [0, 0.1) is 12.8 Å². The molecule has 0 aromatic carbocycles. The van der Waals surface area contributed by atoms with Crippen LogP contribution in [0.3, 0.4) is 0 Å². The number of rotatable bonds is 5. The Morgan fingerprint density at radius 2 is 2.08 bits per heavy atom. The standard InChI is InChI=1S/C18H27N5O/c1-4-5-6-14-10-23(11-16(24-14)13-7-8-13)18-15-9-19-22(3)17(15)20-12(2)21-18/h9,13-14,16H,4-8,10-11H2,1-3H3/t14-,16-/m1/s1. The van der Waals surface area contributed by atoms with Crippen LogP contribution in [0.2, 0.25) is 0 Å². The molecule has 1 aliphatic carbocycles. The van der Waals surface area contributed by atoms with Crippen LogP contribution in [0.1, 0.15) is 44.9 Å². The Morgan fingerprint density at radius 1 is 1.25 bits per heavy atom. The number of hydrogen-bond acceptors (Lipinski definition) is 5. The molecule has 24 heavy (non-hydrogen) atoms. The largest absolute Gasteiger partial charge is 0.371 e. The molecular formula is C18H27N5O. The lowest BCUT2D eigenvalue weighted by atomic mass is 10.1. The molecule has 2 fully saturated rings. The molecular weight excluding hydrogens is 302 g/mol. The van der Waals surface area contributed by atoms with Gasteiger partial charge in [0.25, 0.3) is 0 Å². The second-order valence-corrected chi connectivity index (χ2v) is 7.28. The Hall–Kier alpha value is -1.69. The van der Waals surface area contributed by atoms with Gasteiger partial charge in [-0.25, -0.2) is 9.97 Å². The van der Waals surface area contributed by atoms with E-state index in [1.807, 2.05) is 24.9 Å². The van der Waals surface area contributed by atoms with E-state index in [-0.39, 0.29) is 0 Å². The van der Waals surface area contributed by atoms with E-state index >= 15 is 0 Å². The summed E-state index contributed by atoms with van der Waals surface area (Å²) >= 11 is 0. The third kappa shape index (κ3) is 2.99. The van der Waals surface area contributed by atoms with Gasteiger partial charge in [-0.2, -0.15) is 5.10 Å². The van der Waals surface area contributed by atoms with Crippen molar-refractivity contribution in [1.29, 1.82) is 0 Å². The summed E-state index contributed by atoms with van der Waals surface area (Å²) in [6, 6.07) is 0. The van der Waals surface area contributed by atoms with Gasteiger partial charge in [0.1, 0.15) is 11.6 Å².